The highest BCUT2D eigenvalue weighted by Gasteiger charge is 2.32. The molecule has 2 atom stereocenters. The number of halogens is 1. The lowest BCUT2D eigenvalue weighted by molar-refractivity contribution is -0.132. The number of rotatable bonds is 14. The van der Waals surface area contributed by atoms with Crippen LogP contribution in [0.25, 0.3) is 0 Å². The molecule has 6 amide bonds. The third kappa shape index (κ3) is 13.0. The zero-order valence-electron chi connectivity index (χ0n) is 29.4. The number of hydrogen-bond acceptors (Lipinski definition) is 6. The Balaban J connectivity index is 1.43. The number of nitrogens with one attached hydrogen (secondary N) is 5. The van der Waals surface area contributed by atoms with Crippen molar-refractivity contribution in [1.82, 2.24) is 31.2 Å². The van der Waals surface area contributed by atoms with Crippen molar-refractivity contribution in [2.24, 2.45) is 11.3 Å². The summed E-state index contributed by atoms with van der Waals surface area (Å²) >= 11 is 6.28. The van der Waals surface area contributed by atoms with E-state index < -0.39 is 35.8 Å². The minimum Gasteiger partial charge on any atom is -0.355 e. The molecule has 51 heavy (non-hydrogen) atoms. The van der Waals surface area contributed by atoms with Gasteiger partial charge < -0.3 is 31.5 Å². The Bertz CT molecular complexity index is 1630. The zero-order chi connectivity index (χ0) is 36.8. The van der Waals surface area contributed by atoms with Gasteiger partial charge in [0.05, 0.1) is 18.3 Å². The highest BCUT2D eigenvalue weighted by Crippen LogP contribution is 2.20. The summed E-state index contributed by atoms with van der Waals surface area (Å²) < 4.78 is 0. The molecule has 0 saturated carbocycles. The van der Waals surface area contributed by atoms with E-state index in [0.717, 1.165) is 5.56 Å². The van der Waals surface area contributed by atoms with E-state index in [1.54, 1.807) is 53.7 Å². The van der Waals surface area contributed by atoms with Gasteiger partial charge in [0.25, 0.3) is 0 Å². The summed E-state index contributed by atoms with van der Waals surface area (Å²) in [7, 11) is 0. The summed E-state index contributed by atoms with van der Waals surface area (Å²) in [4.78, 5) is 72.3. The number of urea groups is 1. The number of aromatic nitrogens is 1. The van der Waals surface area contributed by atoms with E-state index in [-0.39, 0.29) is 36.6 Å². The van der Waals surface area contributed by atoms with Crippen LogP contribution in [0, 0.1) is 11.3 Å². The molecule has 0 unspecified atom stereocenters. The highest BCUT2D eigenvalue weighted by atomic mass is 35.5. The molecule has 1 aliphatic rings. The summed E-state index contributed by atoms with van der Waals surface area (Å²) in [5.74, 6) is -1.96. The van der Waals surface area contributed by atoms with E-state index in [9.17, 15) is 24.0 Å². The second kappa shape index (κ2) is 18.9. The Kier molecular flexibility index (Phi) is 14.4. The topological polar surface area (TPSA) is 162 Å². The Hall–Kier alpha value is -4.97. The van der Waals surface area contributed by atoms with Gasteiger partial charge in [-0.3, -0.25) is 24.2 Å². The van der Waals surface area contributed by atoms with Gasteiger partial charge in [-0.25, -0.2) is 4.79 Å². The third-order valence-corrected chi connectivity index (χ3v) is 8.88. The van der Waals surface area contributed by atoms with Crippen molar-refractivity contribution in [2.75, 3.05) is 25.0 Å². The largest absolute Gasteiger partial charge is 0.355 e. The number of pyridine rings is 1. The molecule has 0 spiro atoms. The van der Waals surface area contributed by atoms with Crippen molar-refractivity contribution in [3.63, 3.8) is 0 Å². The van der Waals surface area contributed by atoms with Crippen LogP contribution in [0.3, 0.4) is 0 Å². The summed E-state index contributed by atoms with van der Waals surface area (Å²) in [5, 5.41) is 14.6. The van der Waals surface area contributed by atoms with Crippen LogP contribution >= 0.6 is 11.6 Å². The number of hydrogen-bond donors (Lipinski definition) is 5. The molecule has 2 aromatic carbocycles. The minimum atomic E-state index is -1.22. The second-order valence-electron chi connectivity index (χ2n) is 13.9. The van der Waals surface area contributed by atoms with Crippen LogP contribution in [0.4, 0.5) is 10.5 Å². The molecule has 0 radical (unpaired) electrons. The molecule has 4 rings (SSSR count). The normalized spacial score (nSPS) is 14.5. The van der Waals surface area contributed by atoms with Gasteiger partial charge in [0.15, 0.2) is 0 Å². The lowest BCUT2D eigenvalue weighted by Gasteiger charge is -2.32. The summed E-state index contributed by atoms with van der Waals surface area (Å²) in [6, 6.07) is 17.4. The van der Waals surface area contributed by atoms with Gasteiger partial charge >= 0.3 is 6.03 Å². The van der Waals surface area contributed by atoms with Crippen molar-refractivity contribution in [3.05, 3.63) is 95.3 Å². The number of piperidine rings is 1. The standard InChI is InChI=1S/C38H48ClN7O5/c1-38(2,3)25-42-33(47)22-32(35(49)41-23-28-12-7-8-14-30(28)39)44-36(50)31(16-15-26-10-5-4-6-11-26)45-37(51)46-20-17-27(18-21-46)34(48)43-29-13-9-19-40-24-29/h4-14,19,24,27,31-32H,15-18,20-23,25H2,1-3H3,(H,41,49)(H,42,47)(H,43,48)(H,44,50)(H,45,51)/t31-,32-/m0/s1. The fourth-order valence-electron chi connectivity index (χ4n) is 5.54. The van der Waals surface area contributed by atoms with Crippen molar-refractivity contribution in [1.29, 1.82) is 0 Å². The van der Waals surface area contributed by atoms with Crippen LogP contribution in [0.5, 0.6) is 0 Å². The lowest BCUT2D eigenvalue weighted by atomic mass is 9.96. The third-order valence-electron chi connectivity index (χ3n) is 8.51. The maximum Gasteiger partial charge on any atom is 0.318 e. The molecule has 1 fully saturated rings. The zero-order valence-corrected chi connectivity index (χ0v) is 30.2. The average Bonchev–Trinajstić information content (AvgIpc) is 3.12. The molecule has 0 aliphatic carbocycles. The van der Waals surface area contributed by atoms with Gasteiger partial charge in [0.1, 0.15) is 12.1 Å². The fourth-order valence-corrected chi connectivity index (χ4v) is 5.74. The van der Waals surface area contributed by atoms with Crippen molar-refractivity contribution < 1.29 is 24.0 Å². The molecular formula is C38H48ClN7O5. The lowest BCUT2D eigenvalue weighted by Crippen LogP contribution is -2.57. The smallest absolute Gasteiger partial charge is 0.318 e. The van der Waals surface area contributed by atoms with E-state index >= 15 is 0 Å². The highest BCUT2D eigenvalue weighted by molar-refractivity contribution is 6.31. The molecule has 5 N–H and O–H groups in total. The van der Waals surface area contributed by atoms with Gasteiger partial charge in [-0.15, -0.1) is 0 Å². The monoisotopic (exact) mass is 717 g/mol. The predicted octanol–water partition coefficient (Wildman–Crippen LogP) is 4.45. The van der Waals surface area contributed by atoms with E-state index in [1.165, 1.54) is 0 Å². The molecule has 1 aromatic heterocycles. The van der Waals surface area contributed by atoms with Crippen LogP contribution in [0.2, 0.25) is 5.02 Å². The van der Waals surface area contributed by atoms with Crippen molar-refractivity contribution in [3.8, 4) is 0 Å². The first kappa shape index (κ1) is 38.8. The SMILES string of the molecule is CC(C)(C)CNC(=O)C[C@H](NC(=O)[C@H](CCc1ccccc1)NC(=O)N1CCC(C(=O)Nc2cccnc2)CC1)C(=O)NCc1ccccc1Cl. The quantitative estimate of drug-likeness (QED) is 0.166. The molecule has 12 nitrogen and oxygen atoms in total. The van der Waals surface area contributed by atoms with E-state index in [2.05, 4.69) is 31.6 Å². The number of amides is 6. The Labute approximate surface area is 304 Å². The molecule has 2 heterocycles. The molecule has 272 valence electrons. The maximum absolute atomic E-state index is 13.9. The predicted molar refractivity (Wildman–Crippen MR) is 197 cm³/mol. The Morgan fingerprint density at radius 3 is 2.24 bits per heavy atom. The van der Waals surface area contributed by atoms with Crippen molar-refractivity contribution in [2.45, 2.75) is 71.5 Å². The average molecular weight is 718 g/mol. The van der Waals surface area contributed by atoms with Crippen LogP contribution in [0.1, 0.15) is 57.6 Å². The number of likely N-dealkylation sites (tertiary alicyclic amines) is 1. The number of carbonyl (C=O) groups excluding carboxylic acids is 5. The van der Waals surface area contributed by atoms with Gasteiger partial charge in [-0.2, -0.15) is 0 Å². The van der Waals surface area contributed by atoms with Crippen molar-refractivity contribution >= 4 is 46.9 Å². The van der Waals surface area contributed by atoms with Gasteiger partial charge in [-0.05, 0) is 60.4 Å². The van der Waals surface area contributed by atoms with Gasteiger partial charge in [0.2, 0.25) is 23.6 Å². The molecule has 1 saturated heterocycles. The summed E-state index contributed by atoms with van der Waals surface area (Å²) in [5.41, 5.74) is 2.07. The first-order valence-electron chi connectivity index (χ1n) is 17.3. The molecule has 13 heteroatoms. The van der Waals surface area contributed by atoms with E-state index in [0.29, 0.717) is 55.2 Å². The summed E-state index contributed by atoms with van der Waals surface area (Å²) in [6.07, 6.45) is 4.54. The van der Waals surface area contributed by atoms with Crippen LogP contribution in [-0.2, 0) is 32.1 Å². The Morgan fingerprint density at radius 1 is 0.863 bits per heavy atom. The molecule has 0 bridgehead atoms. The number of aryl methyl sites for hydroxylation is 1. The number of nitrogens with zero attached hydrogens (tertiary/aromatic N) is 2. The molecule has 1 aliphatic heterocycles. The maximum atomic E-state index is 13.9. The van der Waals surface area contributed by atoms with Gasteiger partial charge in [-0.1, -0.05) is 80.9 Å². The molecule has 3 aromatic rings. The number of benzene rings is 2. The number of carbonyl (C=O) groups is 5. The van der Waals surface area contributed by atoms with Gasteiger partial charge in [0, 0.05) is 43.3 Å². The fraction of sp³-hybridized carbons (Fsp3) is 0.421. The van der Waals surface area contributed by atoms with E-state index in [4.69, 9.17) is 11.6 Å². The first-order chi connectivity index (χ1) is 24.4. The van der Waals surface area contributed by atoms with E-state index in [1.807, 2.05) is 51.1 Å². The van der Waals surface area contributed by atoms with Crippen LogP contribution in [0.15, 0.2) is 79.1 Å². The number of anilines is 1. The van der Waals surface area contributed by atoms with Crippen LogP contribution in [-0.4, -0.2) is 71.3 Å². The first-order valence-corrected chi connectivity index (χ1v) is 17.6. The van der Waals surface area contributed by atoms with Crippen LogP contribution < -0.4 is 26.6 Å². The summed E-state index contributed by atoms with van der Waals surface area (Å²) in [6.45, 7) is 7.05. The molecular weight excluding hydrogens is 670 g/mol. The Morgan fingerprint density at radius 2 is 1.57 bits per heavy atom. The minimum absolute atomic E-state index is 0.0961. The second-order valence-corrected chi connectivity index (χ2v) is 14.3.